The van der Waals surface area contributed by atoms with E-state index in [9.17, 15) is 0 Å². The average Bonchev–Trinajstić information content (AvgIpc) is 2.46. The molecule has 2 aromatic rings. The molecule has 12 heavy (non-hydrogen) atoms. The van der Waals surface area contributed by atoms with Crippen LogP contribution in [0.15, 0.2) is 28.9 Å². The number of aromatic nitrogens is 1. The summed E-state index contributed by atoms with van der Waals surface area (Å²) in [5.41, 5.74) is 1.67. The van der Waals surface area contributed by atoms with Crippen LogP contribution in [0.3, 0.4) is 0 Å². The van der Waals surface area contributed by atoms with Crippen molar-refractivity contribution >= 4 is 32.5 Å². The molecular formula is C9H5BrN2. The van der Waals surface area contributed by atoms with Crippen LogP contribution in [-0.2, 0) is 0 Å². The lowest BCUT2D eigenvalue weighted by molar-refractivity contribution is 1.48. The summed E-state index contributed by atoms with van der Waals surface area (Å²) >= 11 is 3.37. The molecule has 0 unspecified atom stereocenters. The van der Waals surface area contributed by atoms with Crippen molar-refractivity contribution in [3.05, 3.63) is 40.3 Å². The van der Waals surface area contributed by atoms with Gasteiger partial charge in [-0.1, -0.05) is 22.0 Å². The van der Waals surface area contributed by atoms with Crippen molar-refractivity contribution in [3.8, 4) is 0 Å². The zero-order valence-corrected chi connectivity index (χ0v) is 7.72. The molecule has 0 amide bonds. The van der Waals surface area contributed by atoms with E-state index in [2.05, 4.69) is 25.8 Å². The molecule has 0 bridgehead atoms. The van der Waals surface area contributed by atoms with E-state index in [4.69, 9.17) is 6.57 Å². The summed E-state index contributed by atoms with van der Waals surface area (Å²) in [6.07, 6.45) is 1.73. The molecule has 58 valence electrons. The number of rotatable bonds is 0. The second-order valence-corrected chi connectivity index (χ2v) is 3.39. The highest BCUT2D eigenvalue weighted by Gasteiger charge is 2.01. The number of benzene rings is 1. The maximum Gasteiger partial charge on any atom is 0.211 e. The molecule has 0 spiro atoms. The minimum absolute atomic E-state index is 0.678. The second-order valence-electron chi connectivity index (χ2n) is 2.48. The number of fused-ring (bicyclic) bond motifs is 1. The van der Waals surface area contributed by atoms with Crippen molar-refractivity contribution in [2.75, 3.05) is 0 Å². The minimum Gasteiger partial charge on any atom is -0.372 e. The standard InChI is InChI=1S/C9H5BrN2/c1-11-9-5-12-8-4-6(10)2-3-7(8)9/h2-5,12H. The van der Waals surface area contributed by atoms with Gasteiger partial charge in [0.2, 0.25) is 5.69 Å². The van der Waals surface area contributed by atoms with Crippen LogP contribution in [0.2, 0.25) is 0 Å². The first-order valence-electron chi connectivity index (χ1n) is 3.45. The van der Waals surface area contributed by atoms with Gasteiger partial charge >= 0.3 is 0 Å². The summed E-state index contributed by atoms with van der Waals surface area (Å²) in [5, 5.41) is 0.980. The van der Waals surface area contributed by atoms with Crippen LogP contribution >= 0.6 is 15.9 Å². The van der Waals surface area contributed by atoms with Gasteiger partial charge in [-0.05, 0) is 12.1 Å². The van der Waals surface area contributed by atoms with E-state index in [0.717, 1.165) is 15.4 Å². The molecule has 0 aliphatic rings. The number of H-pyrrole nitrogens is 1. The third-order valence-electron chi connectivity index (χ3n) is 1.74. The number of nitrogens with one attached hydrogen (secondary N) is 1. The fourth-order valence-corrected chi connectivity index (χ4v) is 1.54. The lowest BCUT2D eigenvalue weighted by Gasteiger charge is -1.90. The molecule has 0 saturated carbocycles. The first-order valence-corrected chi connectivity index (χ1v) is 4.24. The molecule has 0 aliphatic carbocycles. The van der Waals surface area contributed by atoms with Gasteiger partial charge in [0.05, 0.1) is 6.57 Å². The third kappa shape index (κ3) is 1.01. The van der Waals surface area contributed by atoms with E-state index in [1.807, 2.05) is 18.2 Å². The van der Waals surface area contributed by atoms with Gasteiger partial charge in [-0.25, -0.2) is 4.85 Å². The molecule has 0 aliphatic heterocycles. The molecule has 0 saturated heterocycles. The summed E-state index contributed by atoms with van der Waals surface area (Å²) in [7, 11) is 0. The number of aromatic amines is 1. The van der Waals surface area contributed by atoms with Crippen molar-refractivity contribution in [2.24, 2.45) is 0 Å². The zero-order valence-electron chi connectivity index (χ0n) is 6.13. The van der Waals surface area contributed by atoms with Gasteiger partial charge in [-0.15, -0.1) is 0 Å². The Morgan fingerprint density at radius 3 is 3.00 bits per heavy atom. The van der Waals surface area contributed by atoms with E-state index in [1.165, 1.54) is 0 Å². The third-order valence-corrected chi connectivity index (χ3v) is 2.24. The van der Waals surface area contributed by atoms with Crippen LogP contribution in [0.1, 0.15) is 0 Å². The Hall–Kier alpha value is -1.27. The Bertz CT molecular complexity index is 465. The number of nitrogens with zero attached hydrogens (tertiary/aromatic N) is 1. The Balaban J connectivity index is 2.84. The van der Waals surface area contributed by atoms with Gasteiger partial charge in [-0.2, -0.15) is 0 Å². The summed E-state index contributed by atoms with van der Waals surface area (Å²) < 4.78 is 1.02. The fourth-order valence-electron chi connectivity index (χ4n) is 1.18. The van der Waals surface area contributed by atoms with E-state index < -0.39 is 0 Å². The van der Waals surface area contributed by atoms with Crippen LogP contribution in [0.4, 0.5) is 5.69 Å². The van der Waals surface area contributed by atoms with Crippen LogP contribution in [0.5, 0.6) is 0 Å². The summed E-state index contributed by atoms with van der Waals surface area (Å²) in [6.45, 7) is 6.89. The monoisotopic (exact) mass is 220 g/mol. The molecular weight excluding hydrogens is 216 g/mol. The molecule has 1 N–H and O–H groups in total. The van der Waals surface area contributed by atoms with Crippen LogP contribution in [0.25, 0.3) is 15.7 Å². The highest BCUT2D eigenvalue weighted by Crippen LogP contribution is 2.27. The normalized spacial score (nSPS) is 10.0. The molecule has 1 heterocycles. The van der Waals surface area contributed by atoms with Gasteiger partial charge in [0.1, 0.15) is 0 Å². The van der Waals surface area contributed by atoms with Crippen LogP contribution in [0, 0.1) is 6.57 Å². The first kappa shape index (κ1) is 7.38. The number of halogens is 1. The number of hydrogen-bond donors (Lipinski definition) is 1. The van der Waals surface area contributed by atoms with Crippen molar-refractivity contribution in [3.63, 3.8) is 0 Å². The second kappa shape index (κ2) is 2.65. The lowest BCUT2D eigenvalue weighted by atomic mass is 10.2. The van der Waals surface area contributed by atoms with Crippen LogP contribution < -0.4 is 0 Å². The smallest absolute Gasteiger partial charge is 0.211 e. The van der Waals surface area contributed by atoms with E-state index in [0.29, 0.717) is 5.69 Å². The molecule has 0 atom stereocenters. The van der Waals surface area contributed by atoms with Crippen molar-refractivity contribution in [1.82, 2.24) is 4.98 Å². The van der Waals surface area contributed by atoms with Crippen molar-refractivity contribution in [1.29, 1.82) is 0 Å². The molecule has 0 fully saturated rings. The van der Waals surface area contributed by atoms with Gasteiger partial charge in [0.15, 0.2) is 0 Å². The van der Waals surface area contributed by atoms with Crippen molar-refractivity contribution < 1.29 is 0 Å². The SMILES string of the molecule is [C-]#[N+]c1c[nH]c2cc(Br)ccc12. The van der Waals surface area contributed by atoms with Gasteiger partial charge < -0.3 is 4.98 Å². The molecule has 2 nitrogen and oxygen atoms in total. The zero-order chi connectivity index (χ0) is 8.55. The highest BCUT2D eigenvalue weighted by molar-refractivity contribution is 9.10. The van der Waals surface area contributed by atoms with Gasteiger partial charge in [0.25, 0.3) is 0 Å². The fraction of sp³-hybridized carbons (Fsp3) is 0. The minimum atomic E-state index is 0.678. The molecule has 1 aromatic heterocycles. The Kier molecular flexibility index (Phi) is 1.63. The van der Waals surface area contributed by atoms with Crippen LogP contribution in [-0.4, -0.2) is 4.98 Å². The summed E-state index contributed by atoms with van der Waals surface area (Å²) in [6, 6.07) is 5.83. The summed E-state index contributed by atoms with van der Waals surface area (Å²) in [4.78, 5) is 6.43. The predicted molar refractivity (Wildman–Crippen MR) is 52.3 cm³/mol. The van der Waals surface area contributed by atoms with Crippen molar-refractivity contribution in [2.45, 2.75) is 0 Å². The maximum absolute atomic E-state index is 6.89. The Labute approximate surface area is 78.2 Å². The Morgan fingerprint density at radius 1 is 1.42 bits per heavy atom. The highest BCUT2D eigenvalue weighted by atomic mass is 79.9. The largest absolute Gasteiger partial charge is 0.372 e. The molecule has 0 radical (unpaired) electrons. The average molecular weight is 221 g/mol. The quantitative estimate of drug-likeness (QED) is 0.657. The first-order chi connectivity index (χ1) is 5.81. The Morgan fingerprint density at radius 2 is 2.25 bits per heavy atom. The van der Waals surface area contributed by atoms with E-state index in [-0.39, 0.29) is 0 Å². The molecule has 1 aromatic carbocycles. The predicted octanol–water partition coefficient (Wildman–Crippen LogP) is 3.48. The van der Waals surface area contributed by atoms with Gasteiger partial charge in [0, 0.05) is 21.6 Å². The van der Waals surface area contributed by atoms with E-state index in [1.54, 1.807) is 6.20 Å². The summed E-state index contributed by atoms with van der Waals surface area (Å²) in [5.74, 6) is 0. The lowest BCUT2D eigenvalue weighted by Crippen LogP contribution is -1.66. The topological polar surface area (TPSA) is 20.1 Å². The maximum atomic E-state index is 6.89. The molecule has 2 rings (SSSR count). The molecule has 3 heteroatoms. The van der Waals surface area contributed by atoms with E-state index >= 15 is 0 Å². The van der Waals surface area contributed by atoms with Gasteiger partial charge in [-0.3, -0.25) is 0 Å². The number of hydrogen-bond acceptors (Lipinski definition) is 0.